The van der Waals surface area contributed by atoms with Crippen LogP contribution in [0.1, 0.15) is 5.56 Å². The summed E-state index contributed by atoms with van der Waals surface area (Å²) in [6, 6.07) is 8.29. The Morgan fingerprint density at radius 2 is 2.07 bits per heavy atom. The minimum absolute atomic E-state index is 0.770. The van der Waals surface area contributed by atoms with E-state index in [-0.39, 0.29) is 0 Å². The molecular formula is C9H9BrN4S. The summed E-state index contributed by atoms with van der Waals surface area (Å²) < 4.78 is 4.78. The zero-order valence-corrected chi connectivity index (χ0v) is 10.3. The van der Waals surface area contributed by atoms with Crippen molar-refractivity contribution in [1.82, 2.24) is 14.8 Å². The monoisotopic (exact) mass is 284 g/mol. The number of halogens is 1. The summed E-state index contributed by atoms with van der Waals surface area (Å²) in [6.07, 6.45) is 0.965. The van der Waals surface area contributed by atoms with Crippen molar-refractivity contribution in [3.05, 3.63) is 34.3 Å². The molecule has 0 radical (unpaired) electrons. The SMILES string of the molecule is Brc1ccc(CCNc2nnns2)cc1. The van der Waals surface area contributed by atoms with Crippen LogP contribution >= 0.6 is 27.5 Å². The van der Waals surface area contributed by atoms with Crippen molar-refractivity contribution in [2.75, 3.05) is 11.9 Å². The number of nitrogens with one attached hydrogen (secondary N) is 1. The van der Waals surface area contributed by atoms with E-state index >= 15 is 0 Å². The highest BCUT2D eigenvalue weighted by molar-refractivity contribution is 9.10. The zero-order valence-electron chi connectivity index (χ0n) is 7.85. The first-order valence-electron chi connectivity index (χ1n) is 4.48. The van der Waals surface area contributed by atoms with Crippen molar-refractivity contribution >= 4 is 32.6 Å². The number of anilines is 1. The molecule has 0 aliphatic carbocycles. The van der Waals surface area contributed by atoms with Crippen molar-refractivity contribution in [3.8, 4) is 0 Å². The summed E-state index contributed by atoms with van der Waals surface area (Å²) >= 11 is 4.67. The molecule has 1 aromatic heterocycles. The fourth-order valence-corrected chi connectivity index (χ4v) is 1.82. The third-order valence-corrected chi connectivity index (χ3v) is 2.98. The Hall–Kier alpha value is -1.01. The lowest BCUT2D eigenvalue weighted by atomic mass is 10.1. The average Bonchev–Trinajstić information content (AvgIpc) is 2.74. The van der Waals surface area contributed by atoms with E-state index in [9.17, 15) is 0 Å². The van der Waals surface area contributed by atoms with E-state index in [0.29, 0.717) is 0 Å². The fraction of sp³-hybridized carbons (Fsp3) is 0.222. The maximum Gasteiger partial charge on any atom is 0.225 e. The largest absolute Gasteiger partial charge is 0.359 e. The Morgan fingerprint density at radius 3 is 2.73 bits per heavy atom. The highest BCUT2D eigenvalue weighted by atomic mass is 79.9. The maximum atomic E-state index is 3.80. The van der Waals surface area contributed by atoms with E-state index in [2.05, 4.69) is 48.2 Å². The first kappa shape index (κ1) is 10.5. The van der Waals surface area contributed by atoms with Gasteiger partial charge in [0, 0.05) is 22.5 Å². The molecule has 1 aromatic carbocycles. The van der Waals surface area contributed by atoms with Crippen molar-refractivity contribution < 1.29 is 0 Å². The molecule has 0 fully saturated rings. The van der Waals surface area contributed by atoms with E-state index in [0.717, 1.165) is 22.6 Å². The highest BCUT2D eigenvalue weighted by Gasteiger charge is 1.97. The molecule has 6 heteroatoms. The molecule has 1 N–H and O–H groups in total. The first-order chi connectivity index (χ1) is 7.34. The van der Waals surface area contributed by atoms with Gasteiger partial charge in [0.05, 0.1) is 0 Å². The van der Waals surface area contributed by atoms with Crippen molar-refractivity contribution in [1.29, 1.82) is 0 Å². The van der Waals surface area contributed by atoms with Crippen LogP contribution in [0.4, 0.5) is 5.13 Å². The quantitative estimate of drug-likeness (QED) is 0.937. The van der Waals surface area contributed by atoms with Crippen LogP contribution < -0.4 is 5.32 Å². The van der Waals surface area contributed by atoms with Crippen LogP contribution in [-0.2, 0) is 6.42 Å². The van der Waals surface area contributed by atoms with Gasteiger partial charge in [0.1, 0.15) is 0 Å². The van der Waals surface area contributed by atoms with Gasteiger partial charge in [0.2, 0.25) is 5.13 Å². The second kappa shape index (κ2) is 5.18. The molecule has 78 valence electrons. The van der Waals surface area contributed by atoms with Crippen LogP contribution in [0, 0.1) is 0 Å². The Morgan fingerprint density at radius 1 is 1.27 bits per heavy atom. The van der Waals surface area contributed by atoms with Crippen molar-refractivity contribution in [2.45, 2.75) is 6.42 Å². The van der Waals surface area contributed by atoms with Gasteiger partial charge in [0.25, 0.3) is 0 Å². The van der Waals surface area contributed by atoms with E-state index < -0.39 is 0 Å². The Balaban J connectivity index is 1.81. The second-order valence-corrected chi connectivity index (χ2v) is 4.62. The van der Waals surface area contributed by atoms with Crippen molar-refractivity contribution in [3.63, 3.8) is 0 Å². The van der Waals surface area contributed by atoms with E-state index in [1.54, 1.807) is 0 Å². The lowest BCUT2D eigenvalue weighted by Gasteiger charge is -2.01. The minimum atomic E-state index is 0.770. The first-order valence-corrected chi connectivity index (χ1v) is 6.04. The third kappa shape index (κ3) is 3.24. The molecule has 0 aliphatic heterocycles. The molecule has 15 heavy (non-hydrogen) atoms. The lowest BCUT2D eigenvalue weighted by molar-refractivity contribution is 0.941. The molecular weight excluding hydrogens is 276 g/mol. The summed E-state index contributed by atoms with van der Waals surface area (Å²) in [5, 5.41) is 11.2. The molecule has 0 spiro atoms. The number of hydrogen-bond acceptors (Lipinski definition) is 5. The molecule has 0 bridgehead atoms. The molecule has 0 atom stereocenters. The number of nitrogens with zero attached hydrogens (tertiary/aromatic N) is 3. The summed E-state index contributed by atoms with van der Waals surface area (Å²) in [4.78, 5) is 0. The summed E-state index contributed by atoms with van der Waals surface area (Å²) in [7, 11) is 0. The molecule has 0 unspecified atom stereocenters. The van der Waals surface area contributed by atoms with Gasteiger partial charge >= 0.3 is 0 Å². The van der Waals surface area contributed by atoms with Gasteiger partial charge in [-0.15, -0.1) is 0 Å². The minimum Gasteiger partial charge on any atom is -0.359 e. The number of rotatable bonds is 4. The van der Waals surface area contributed by atoms with E-state index in [1.165, 1.54) is 17.1 Å². The molecule has 0 amide bonds. The molecule has 0 saturated heterocycles. The predicted molar refractivity (Wildman–Crippen MR) is 64.0 cm³/mol. The van der Waals surface area contributed by atoms with Crippen LogP contribution in [0.2, 0.25) is 0 Å². The standard InChI is InChI=1S/C9H9BrN4S/c10-8-3-1-7(2-4-8)5-6-11-9-12-13-14-15-9/h1-4H,5-6H2,(H,11,12,14). The topological polar surface area (TPSA) is 50.7 Å². The summed E-state index contributed by atoms with van der Waals surface area (Å²) in [5.41, 5.74) is 1.29. The van der Waals surface area contributed by atoms with Gasteiger partial charge < -0.3 is 5.32 Å². The smallest absolute Gasteiger partial charge is 0.225 e. The maximum absolute atomic E-state index is 3.80. The van der Waals surface area contributed by atoms with Gasteiger partial charge in [-0.2, -0.15) is 0 Å². The second-order valence-electron chi connectivity index (χ2n) is 2.97. The van der Waals surface area contributed by atoms with Crippen LogP contribution in [0.3, 0.4) is 0 Å². The molecule has 2 rings (SSSR count). The highest BCUT2D eigenvalue weighted by Crippen LogP contribution is 2.11. The van der Waals surface area contributed by atoms with Gasteiger partial charge in [-0.3, -0.25) is 0 Å². The molecule has 2 aromatic rings. The fourth-order valence-electron chi connectivity index (χ4n) is 1.17. The van der Waals surface area contributed by atoms with E-state index in [4.69, 9.17) is 0 Å². The Bertz CT molecular complexity index is 401. The summed E-state index contributed by atoms with van der Waals surface area (Å²) in [6.45, 7) is 0.846. The number of benzene rings is 1. The van der Waals surface area contributed by atoms with Gasteiger partial charge in [-0.05, 0) is 29.3 Å². The predicted octanol–water partition coefficient (Wildman–Crippen LogP) is 2.35. The average molecular weight is 285 g/mol. The van der Waals surface area contributed by atoms with Crippen LogP contribution in [0.25, 0.3) is 0 Å². The zero-order chi connectivity index (χ0) is 10.5. The molecule has 0 aliphatic rings. The van der Waals surface area contributed by atoms with Gasteiger partial charge in [-0.25, -0.2) is 0 Å². The normalized spacial score (nSPS) is 10.2. The van der Waals surface area contributed by atoms with Crippen molar-refractivity contribution in [2.24, 2.45) is 0 Å². The molecule has 4 nitrogen and oxygen atoms in total. The Labute approximate surface area is 100 Å². The van der Waals surface area contributed by atoms with Gasteiger partial charge in [-0.1, -0.05) is 37.6 Å². The van der Waals surface area contributed by atoms with Crippen LogP contribution in [-0.4, -0.2) is 21.3 Å². The third-order valence-electron chi connectivity index (χ3n) is 1.90. The molecule has 0 saturated carbocycles. The lowest BCUT2D eigenvalue weighted by Crippen LogP contribution is -2.04. The number of hydrogen-bond donors (Lipinski definition) is 1. The van der Waals surface area contributed by atoms with Crippen LogP contribution in [0.5, 0.6) is 0 Å². The number of aromatic nitrogens is 3. The molecule has 1 heterocycles. The Kier molecular flexibility index (Phi) is 3.63. The summed E-state index contributed by atoms with van der Waals surface area (Å²) in [5.74, 6) is 0. The van der Waals surface area contributed by atoms with E-state index in [1.807, 2.05) is 12.1 Å². The van der Waals surface area contributed by atoms with Gasteiger partial charge in [0.15, 0.2) is 0 Å². The van der Waals surface area contributed by atoms with Crippen LogP contribution in [0.15, 0.2) is 28.7 Å².